The van der Waals surface area contributed by atoms with Crippen LogP contribution >= 0.6 is 0 Å². The maximum Gasteiger partial charge on any atom is -0.00135 e. The fraction of sp³-hybridized carbons (Fsp3) is 0.385. The Balaban J connectivity index is 0. The molecule has 0 heteroatoms. The summed E-state index contributed by atoms with van der Waals surface area (Å²) < 4.78 is 0. The van der Waals surface area contributed by atoms with E-state index in [1.807, 2.05) is 55.4 Å². The van der Waals surface area contributed by atoms with Crippen LogP contribution in [0.15, 0.2) is 72.8 Å². The highest BCUT2D eigenvalue weighted by Crippen LogP contribution is 2.35. The number of rotatable bonds is 0. The fourth-order valence-electron chi connectivity index (χ4n) is 2.47. The molecule has 2 aliphatic carbocycles. The van der Waals surface area contributed by atoms with Gasteiger partial charge in [-0.1, -0.05) is 128 Å². The van der Waals surface area contributed by atoms with Crippen molar-refractivity contribution in [3.05, 3.63) is 84.0 Å². The number of hydrogen-bond donors (Lipinski definition) is 0. The van der Waals surface area contributed by atoms with Gasteiger partial charge in [-0.05, 0) is 35.1 Å². The minimum atomic E-state index is 1.10. The van der Waals surface area contributed by atoms with Crippen LogP contribution in [-0.4, -0.2) is 0 Å². The summed E-state index contributed by atoms with van der Waals surface area (Å²) in [5.41, 5.74) is 5.75. The maximum atomic E-state index is 2.22. The van der Waals surface area contributed by atoms with Gasteiger partial charge in [0, 0.05) is 0 Å². The molecule has 0 bridgehead atoms. The van der Waals surface area contributed by atoms with E-state index in [1.54, 1.807) is 0 Å². The molecule has 0 fully saturated rings. The summed E-state index contributed by atoms with van der Waals surface area (Å²) >= 11 is 0. The third kappa shape index (κ3) is 8.85. The monoisotopic (exact) mass is 352 g/mol. The van der Waals surface area contributed by atoms with Crippen molar-refractivity contribution in [1.82, 2.24) is 0 Å². The molecule has 0 saturated carbocycles. The molecule has 0 nitrogen and oxygen atoms in total. The molecule has 2 aliphatic rings. The van der Waals surface area contributed by atoms with E-state index in [0.29, 0.717) is 0 Å². The van der Waals surface area contributed by atoms with Crippen LogP contribution in [0.25, 0.3) is 11.1 Å². The molecule has 26 heavy (non-hydrogen) atoms. The Morgan fingerprint density at radius 2 is 0.846 bits per heavy atom. The SMILES string of the molecule is C1=CCC=C1.CC.CC.CC.CC.c1ccc2c(c1)Cc1ccccc1-2. The fourth-order valence-corrected chi connectivity index (χ4v) is 2.47. The normalized spacial score (nSPS) is 10.5. The maximum absolute atomic E-state index is 2.22. The second-order valence-corrected chi connectivity index (χ2v) is 4.58. The molecule has 0 radical (unpaired) electrons. The van der Waals surface area contributed by atoms with E-state index in [0.717, 1.165) is 12.8 Å². The van der Waals surface area contributed by atoms with E-state index in [1.165, 1.54) is 22.3 Å². The lowest BCUT2D eigenvalue weighted by Gasteiger charge is -1.98. The number of fused-ring (bicyclic) bond motifs is 3. The van der Waals surface area contributed by atoms with Crippen molar-refractivity contribution in [2.24, 2.45) is 0 Å². The van der Waals surface area contributed by atoms with Gasteiger partial charge in [-0.15, -0.1) is 0 Å². The van der Waals surface area contributed by atoms with Crippen molar-refractivity contribution in [1.29, 1.82) is 0 Å². The Kier molecular flexibility index (Phi) is 19.4. The number of benzene rings is 2. The van der Waals surface area contributed by atoms with Crippen molar-refractivity contribution in [2.75, 3.05) is 0 Å². The quantitative estimate of drug-likeness (QED) is 0.379. The molecular formula is C26H40. The zero-order valence-electron chi connectivity index (χ0n) is 18.3. The summed E-state index contributed by atoms with van der Waals surface area (Å²) in [5.74, 6) is 0. The Bertz CT molecular complexity index is 549. The first-order valence-corrected chi connectivity index (χ1v) is 10.4. The Morgan fingerprint density at radius 1 is 0.500 bits per heavy atom. The second kappa shape index (κ2) is 19.2. The first-order chi connectivity index (χ1) is 12.9. The van der Waals surface area contributed by atoms with E-state index in [4.69, 9.17) is 0 Å². The molecule has 0 spiro atoms. The lowest BCUT2D eigenvalue weighted by Crippen LogP contribution is -1.77. The van der Waals surface area contributed by atoms with Crippen LogP contribution in [0.1, 0.15) is 72.9 Å². The highest BCUT2D eigenvalue weighted by atomic mass is 14.2. The van der Waals surface area contributed by atoms with Gasteiger partial charge < -0.3 is 0 Å². The Morgan fingerprint density at radius 3 is 1.15 bits per heavy atom. The topological polar surface area (TPSA) is 0 Å². The largest absolute Gasteiger partial charge is 0.0808 e. The Labute approximate surface area is 163 Å². The van der Waals surface area contributed by atoms with Crippen molar-refractivity contribution in [2.45, 2.75) is 68.2 Å². The summed E-state index contributed by atoms with van der Waals surface area (Å²) in [6.07, 6.45) is 10.6. The molecular weight excluding hydrogens is 312 g/mol. The van der Waals surface area contributed by atoms with Crippen LogP contribution in [-0.2, 0) is 6.42 Å². The number of allylic oxidation sites excluding steroid dienone is 4. The van der Waals surface area contributed by atoms with Gasteiger partial charge in [-0.25, -0.2) is 0 Å². The molecule has 144 valence electrons. The molecule has 0 aliphatic heterocycles. The summed E-state index contributed by atoms with van der Waals surface area (Å²) in [5, 5.41) is 0. The molecule has 4 rings (SSSR count). The predicted molar refractivity (Wildman–Crippen MR) is 123 cm³/mol. The van der Waals surface area contributed by atoms with Crippen molar-refractivity contribution in [3.8, 4) is 11.1 Å². The summed E-state index contributed by atoms with van der Waals surface area (Å²) in [7, 11) is 0. The average Bonchev–Trinajstić information content (AvgIpc) is 3.46. The van der Waals surface area contributed by atoms with Crippen LogP contribution in [0.4, 0.5) is 0 Å². The van der Waals surface area contributed by atoms with Crippen molar-refractivity contribution < 1.29 is 0 Å². The molecule has 0 unspecified atom stereocenters. The van der Waals surface area contributed by atoms with Crippen molar-refractivity contribution in [3.63, 3.8) is 0 Å². The smallest absolute Gasteiger partial charge is 0.00135 e. The number of hydrogen-bond acceptors (Lipinski definition) is 0. The van der Waals surface area contributed by atoms with Crippen LogP contribution < -0.4 is 0 Å². The van der Waals surface area contributed by atoms with Gasteiger partial charge in [-0.2, -0.15) is 0 Å². The van der Waals surface area contributed by atoms with Gasteiger partial charge in [0.25, 0.3) is 0 Å². The van der Waals surface area contributed by atoms with Gasteiger partial charge in [0.15, 0.2) is 0 Å². The van der Waals surface area contributed by atoms with Crippen LogP contribution in [0, 0.1) is 0 Å². The summed E-state index contributed by atoms with van der Waals surface area (Å²) in [6.45, 7) is 16.0. The second-order valence-electron chi connectivity index (χ2n) is 4.58. The Hall–Kier alpha value is -2.08. The highest BCUT2D eigenvalue weighted by Gasteiger charge is 2.15. The minimum Gasteiger partial charge on any atom is -0.0808 e. The summed E-state index contributed by atoms with van der Waals surface area (Å²) in [4.78, 5) is 0. The molecule has 0 N–H and O–H groups in total. The van der Waals surface area contributed by atoms with Crippen LogP contribution in [0.3, 0.4) is 0 Å². The molecule has 0 aromatic heterocycles. The highest BCUT2D eigenvalue weighted by molar-refractivity contribution is 5.76. The van der Waals surface area contributed by atoms with E-state index in [-0.39, 0.29) is 0 Å². The lowest BCUT2D eigenvalue weighted by atomic mass is 10.1. The molecule has 0 atom stereocenters. The standard InChI is InChI=1S/C13H10.C5H6.4C2H6/c1-3-7-12-10(5-1)9-11-6-2-4-8-13(11)12;1-2-4-5-3-1;4*1-2/h1-8H,9H2;1-4H,5H2;4*1-2H3. The van der Waals surface area contributed by atoms with Gasteiger partial charge >= 0.3 is 0 Å². The third-order valence-electron chi connectivity index (χ3n) is 3.36. The first kappa shape index (κ1) is 26.2. The van der Waals surface area contributed by atoms with Gasteiger partial charge in [0.05, 0.1) is 0 Å². The molecule has 2 aromatic carbocycles. The molecule has 0 amide bonds. The zero-order chi connectivity index (χ0) is 20.2. The van der Waals surface area contributed by atoms with E-state index in [2.05, 4.69) is 72.8 Å². The summed E-state index contributed by atoms with van der Waals surface area (Å²) in [6, 6.07) is 17.3. The average molecular weight is 353 g/mol. The van der Waals surface area contributed by atoms with Gasteiger partial charge in [0.1, 0.15) is 0 Å². The third-order valence-corrected chi connectivity index (χ3v) is 3.36. The molecule has 0 saturated heterocycles. The van der Waals surface area contributed by atoms with E-state index >= 15 is 0 Å². The van der Waals surface area contributed by atoms with Gasteiger partial charge in [-0.3, -0.25) is 0 Å². The zero-order valence-corrected chi connectivity index (χ0v) is 18.3. The minimum absolute atomic E-state index is 1.10. The van der Waals surface area contributed by atoms with Gasteiger partial charge in [0.2, 0.25) is 0 Å². The predicted octanol–water partition coefficient (Wildman–Crippen LogP) is 8.87. The van der Waals surface area contributed by atoms with E-state index < -0.39 is 0 Å². The first-order valence-electron chi connectivity index (χ1n) is 10.4. The molecule has 0 heterocycles. The van der Waals surface area contributed by atoms with Crippen LogP contribution in [0.2, 0.25) is 0 Å². The lowest BCUT2D eigenvalue weighted by molar-refractivity contribution is 1.26. The van der Waals surface area contributed by atoms with E-state index in [9.17, 15) is 0 Å². The molecule has 2 aromatic rings. The van der Waals surface area contributed by atoms with Crippen molar-refractivity contribution >= 4 is 0 Å². The van der Waals surface area contributed by atoms with Crippen LogP contribution in [0.5, 0.6) is 0 Å².